The number of hydrogen-bond donors (Lipinski definition) is 5. The van der Waals surface area contributed by atoms with Gasteiger partial charge in [-0.1, -0.05) is 40.0 Å². The first-order valence-electron chi connectivity index (χ1n) is 14.1. The molecule has 0 aromatic carbocycles. The van der Waals surface area contributed by atoms with Gasteiger partial charge in [-0.2, -0.15) is 0 Å². The Bertz CT molecular complexity index is 1090. The minimum atomic E-state index is -3.61. The van der Waals surface area contributed by atoms with E-state index in [2.05, 4.69) is 26.0 Å². The number of likely N-dealkylation sites (tertiary alicyclic amines) is 1. The van der Waals surface area contributed by atoms with Crippen molar-refractivity contribution in [2.45, 2.75) is 102 Å². The van der Waals surface area contributed by atoms with Crippen molar-refractivity contribution in [3.05, 3.63) is 0 Å². The highest BCUT2D eigenvalue weighted by atomic mass is 32.2. The molecule has 5 N–H and O–H groups in total. The highest BCUT2D eigenvalue weighted by Gasteiger charge is 2.44. The second-order valence-corrected chi connectivity index (χ2v) is 14.2. The zero-order valence-corrected chi connectivity index (χ0v) is 24.7. The summed E-state index contributed by atoms with van der Waals surface area (Å²) in [5, 5.41) is 10.7. The molecule has 1 heterocycles. The molecule has 1 saturated heterocycles. The van der Waals surface area contributed by atoms with Crippen molar-refractivity contribution in [1.82, 2.24) is 30.9 Å². The lowest BCUT2D eigenvalue weighted by atomic mass is 9.83. The number of ketones is 1. The molecule has 5 amide bonds. The lowest BCUT2D eigenvalue weighted by molar-refractivity contribution is -0.142. The van der Waals surface area contributed by atoms with E-state index < -0.39 is 69.1 Å². The number of amides is 5. The number of rotatable bonds is 11. The average molecular weight is 585 g/mol. The minimum Gasteiger partial charge on any atom is -0.347 e. The van der Waals surface area contributed by atoms with Crippen molar-refractivity contribution >= 4 is 39.6 Å². The van der Waals surface area contributed by atoms with Gasteiger partial charge in [-0.05, 0) is 51.0 Å². The molecular formula is C26H44N6O7S. The summed E-state index contributed by atoms with van der Waals surface area (Å²) in [6.07, 6.45) is 6.11. The molecule has 2 atom stereocenters. The van der Waals surface area contributed by atoms with E-state index in [-0.39, 0.29) is 11.8 Å². The number of nitrogens with one attached hydrogen (secondary N) is 5. The molecule has 0 bridgehead atoms. The Morgan fingerprint density at radius 2 is 1.62 bits per heavy atom. The van der Waals surface area contributed by atoms with Gasteiger partial charge in [0.1, 0.15) is 12.1 Å². The number of sulfonamides is 1. The molecule has 3 fully saturated rings. The van der Waals surface area contributed by atoms with E-state index in [4.69, 9.17) is 0 Å². The molecule has 0 spiro atoms. The van der Waals surface area contributed by atoms with Crippen molar-refractivity contribution < 1.29 is 32.4 Å². The highest BCUT2D eigenvalue weighted by molar-refractivity contribution is 7.89. The standard InChI is InChI=1S/C26H44N6O7S/c1-25(2,3)20(30-24(37)31-26(12-6-5-7-13-26)16-40(38,39)27-4)23(36)32-14-8-9-18(32)21(34)28-15-19(33)22(35)29-17-10-11-17/h17-18,20,27H,5-16H2,1-4H3,(H,28,34)(H,29,35)(H2,30,31,37)/t18-,20+/m0/s1. The smallest absolute Gasteiger partial charge is 0.315 e. The maximum absolute atomic E-state index is 13.7. The highest BCUT2D eigenvalue weighted by Crippen LogP contribution is 2.30. The molecule has 2 aliphatic carbocycles. The zero-order valence-electron chi connectivity index (χ0n) is 23.9. The van der Waals surface area contributed by atoms with Crippen LogP contribution in [0.4, 0.5) is 4.79 Å². The average Bonchev–Trinajstić information content (AvgIpc) is 3.55. The van der Waals surface area contributed by atoms with E-state index >= 15 is 0 Å². The van der Waals surface area contributed by atoms with Gasteiger partial charge in [0, 0.05) is 12.6 Å². The Morgan fingerprint density at radius 3 is 2.20 bits per heavy atom. The third-order valence-corrected chi connectivity index (χ3v) is 9.34. The summed E-state index contributed by atoms with van der Waals surface area (Å²) < 4.78 is 27.1. The zero-order chi connectivity index (χ0) is 29.7. The van der Waals surface area contributed by atoms with Crippen LogP contribution in [-0.2, 0) is 29.2 Å². The Balaban J connectivity index is 1.66. The van der Waals surface area contributed by atoms with Crippen molar-refractivity contribution in [1.29, 1.82) is 0 Å². The van der Waals surface area contributed by atoms with Gasteiger partial charge in [-0.25, -0.2) is 17.9 Å². The number of Topliss-reactive ketones (excluding diaryl/α,β-unsaturated/α-hetero) is 1. The molecule has 3 aliphatic rings. The van der Waals surface area contributed by atoms with Gasteiger partial charge in [-0.3, -0.25) is 19.2 Å². The molecule has 3 rings (SSSR count). The summed E-state index contributed by atoms with van der Waals surface area (Å²) in [5.74, 6) is -2.72. The number of urea groups is 1. The van der Waals surface area contributed by atoms with Crippen LogP contribution in [0.15, 0.2) is 0 Å². The van der Waals surface area contributed by atoms with E-state index in [0.717, 1.165) is 32.1 Å². The summed E-state index contributed by atoms with van der Waals surface area (Å²) in [6.45, 7) is 5.21. The topological polar surface area (TPSA) is 183 Å². The quantitative estimate of drug-likeness (QED) is 0.210. The first-order chi connectivity index (χ1) is 18.7. The van der Waals surface area contributed by atoms with E-state index in [9.17, 15) is 32.4 Å². The number of hydrogen-bond acceptors (Lipinski definition) is 7. The van der Waals surface area contributed by atoms with Crippen LogP contribution in [0.25, 0.3) is 0 Å². The van der Waals surface area contributed by atoms with Crippen LogP contribution >= 0.6 is 0 Å². The molecular weight excluding hydrogens is 540 g/mol. The second kappa shape index (κ2) is 12.8. The predicted molar refractivity (Wildman–Crippen MR) is 147 cm³/mol. The Labute approximate surface area is 236 Å². The Hall–Kier alpha value is -2.74. The SMILES string of the molecule is CNS(=O)(=O)CC1(NC(=O)N[C@H](C(=O)N2CCC[C@H]2C(=O)NCC(=O)C(=O)NC2CC2)C(C)(C)C)CCCCC1. The van der Waals surface area contributed by atoms with Crippen LogP contribution in [0.1, 0.15) is 78.6 Å². The van der Waals surface area contributed by atoms with Gasteiger partial charge in [0.05, 0.1) is 17.8 Å². The van der Waals surface area contributed by atoms with Crippen molar-refractivity contribution in [3.8, 4) is 0 Å². The van der Waals surface area contributed by atoms with Gasteiger partial charge in [-0.15, -0.1) is 0 Å². The summed E-state index contributed by atoms with van der Waals surface area (Å²) in [4.78, 5) is 65.3. The fourth-order valence-electron chi connectivity index (χ4n) is 5.35. The van der Waals surface area contributed by atoms with Crippen LogP contribution in [0, 0.1) is 5.41 Å². The Kier molecular flexibility index (Phi) is 10.2. The molecule has 13 nitrogen and oxygen atoms in total. The van der Waals surface area contributed by atoms with Crippen molar-refractivity contribution in [2.75, 3.05) is 25.9 Å². The molecule has 1 aliphatic heterocycles. The maximum Gasteiger partial charge on any atom is 0.315 e. The Morgan fingerprint density at radius 1 is 0.975 bits per heavy atom. The molecule has 14 heteroatoms. The van der Waals surface area contributed by atoms with Crippen molar-refractivity contribution in [2.24, 2.45) is 5.41 Å². The molecule has 2 saturated carbocycles. The summed E-state index contributed by atoms with van der Waals surface area (Å²) in [5.41, 5.74) is -1.68. The van der Waals surface area contributed by atoms with Crippen LogP contribution in [-0.4, -0.2) is 92.4 Å². The van der Waals surface area contributed by atoms with Gasteiger partial charge in [0.25, 0.3) is 5.91 Å². The van der Waals surface area contributed by atoms with E-state index in [1.807, 2.05) is 0 Å². The molecule has 0 aromatic rings. The normalized spacial score (nSPS) is 21.7. The van der Waals surface area contributed by atoms with E-state index in [0.29, 0.717) is 32.2 Å². The molecule has 40 heavy (non-hydrogen) atoms. The molecule has 0 radical (unpaired) electrons. The lowest BCUT2D eigenvalue weighted by Gasteiger charge is -2.40. The fraction of sp³-hybridized carbons (Fsp3) is 0.808. The number of carbonyl (C=O) groups is 5. The first kappa shape index (κ1) is 31.8. The number of carbonyl (C=O) groups excluding carboxylic acids is 5. The second-order valence-electron chi connectivity index (χ2n) is 12.3. The van der Waals surface area contributed by atoms with Crippen LogP contribution in [0.2, 0.25) is 0 Å². The van der Waals surface area contributed by atoms with Gasteiger partial charge in [0.2, 0.25) is 27.6 Å². The lowest BCUT2D eigenvalue weighted by Crippen LogP contribution is -2.63. The molecule has 0 aromatic heterocycles. The maximum atomic E-state index is 13.7. The van der Waals surface area contributed by atoms with Crippen LogP contribution in [0.3, 0.4) is 0 Å². The summed E-state index contributed by atoms with van der Waals surface area (Å²) in [7, 11) is -2.27. The minimum absolute atomic E-state index is 0.0230. The third-order valence-electron chi connectivity index (χ3n) is 7.78. The van der Waals surface area contributed by atoms with E-state index in [1.165, 1.54) is 11.9 Å². The van der Waals surface area contributed by atoms with Gasteiger partial charge >= 0.3 is 6.03 Å². The molecule has 0 unspecified atom stereocenters. The fourth-order valence-corrected chi connectivity index (χ4v) is 6.59. The largest absolute Gasteiger partial charge is 0.347 e. The monoisotopic (exact) mass is 584 g/mol. The predicted octanol–water partition coefficient (Wildman–Crippen LogP) is -0.0927. The van der Waals surface area contributed by atoms with Gasteiger partial charge in [0.15, 0.2) is 0 Å². The summed E-state index contributed by atoms with van der Waals surface area (Å²) in [6, 6.07) is -2.47. The third kappa shape index (κ3) is 8.63. The van der Waals surface area contributed by atoms with Gasteiger partial charge < -0.3 is 26.2 Å². The van der Waals surface area contributed by atoms with Crippen LogP contribution in [0.5, 0.6) is 0 Å². The van der Waals surface area contributed by atoms with E-state index in [1.54, 1.807) is 20.8 Å². The number of nitrogens with zero attached hydrogens (tertiary/aromatic N) is 1. The van der Waals surface area contributed by atoms with Crippen molar-refractivity contribution in [3.63, 3.8) is 0 Å². The first-order valence-corrected chi connectivity index (χ1v) is 15.7. The summed E-state index contributed by atoms with van der Waals surface area (Å²) >= 11 is 0. The van der Waals surface area contributed by atoms with Crippen LogP contribution < -0.4 is 26.0 Å². The molecule has 226 valence electrons.